The standard InChI is InChI=1S/C15H13NO4/c1-9(17)20-11-4-2-10-3-5-13(12(10)8-11)16-14(18)6-7-15(16)19/h2,4,6-8,13H,3,5H2,1H3/t13-/m0/s1. The molecule has 0 fully saturated rings. The van der Waals surface area contributed by atoms with E-state index in [0.717, 1.165) is 17.5 Å². The lowest BCUT2D eigenvalue weighted by atomic mass is 10.1. The van der Waals surface area contributed by atoms with Gasteiger partial charge >= 0.3 is 5.97 Å². The van der Waals surface area contributed by atoms with Gasteiger partial charge in [0, 0.05) is 19.1 Å². The molecule has 5 nitrogen and oxygen atoms in total. The Hall–Kier alpha value is -2.43. The van der Waals surface area contributed by atoms with E-state index >= 15 is 0 Å². The quantitative estimate of drug-likeness (QED) is 0.465. The maximum atomic E-state index is 11.8. The van der Waals surface area contributed by atoms with Crippen molar-refractivity contribution < 1.29 is 19.1 Å². The molecule has 0 saturated heterocycles. The van der Waals surface area contributed by atoms with Crippen molar-refractivity contribution in [2.24, 2.45) is 0 Å². The van der Waals surface area contributed by atoms with Crippen molar-refractivity contribution >= 4 is 17.8 Å². The number of carbonyl (C=O) groups excluding carboxylic acids is 3. The highest BCUT2D eigenvalue weighted by Gasteiger charge is 2.36. The highest BCUT2D eigenvalue weighted by molar-refractivity contribution is 6.13. The number of benzene rings is 1. The first-order chi connectivity index (χ1) is 9.56. The van der Waals surface area contributed by atoms with Crippen molar-refractivity contribution in [3.05, 3.63) is 41.5 Å². The average Bonchev–Trinajstić information content (AvgIpc) is 2.92. The van der Waals surface area contributed by atoms with Gasteiger partial charge in [-0.15, -0.1) is 0 Å². The third-order valence-corrected chi connectivity index (χ3v) is 3.58. The van der Waals surface area contributed by atoms with Gasteiger partial charge in [-0.3, -0.25) is 19.3 Å². The van der Waals surface area contributed by atoms with Crippen LogP contribution in [0, 0.1) is 0 Å². The van der Waals surface area contributed by atoms with Gasteiger partial charge in [-0.05, 0) is 36.1 Å². The van der Waals surface area contributed by atoms with Crippen LogP contribution < -0.4 is 4.74 Å². The van der Waals surface area contributed by atoms with E-state index in [-0.39, 0.29) is 17.9 Å². The van der Waals surface area contributed by atoms with Gasteiger partial charge < -0.3 is 4.74 Å². The number of esters is 1. The van der Waals surface area contributed by atoms with E-state index in [1.165, 1.54) is 24.0 Å². The summed E-state index contributed by atoms with van der Waals surface area (Å²) in [5, 5.41) is 0. The van der Waals surface area contributed by atoms with Gasteiger partial charge in [0.15, 0.2) is 0 Å². The van der Waals surface area contributed by atoms with Crippen LogP contribution in [0.2, 0.25) is 0 Å². The Morgan fingerprint density at radius 1 is 1.25 bits per heavy atom. The smallest absolute Gasteiger partial charge is 0.308 e. The van der Waals surface area contributed by atoms with E-state index < -0.39 is 5.97 Å². The zero-order valence-corrected chi connectivity index (χ0v) is 11.0. The van der Waals surface area contributed by atoms with Crippen molar-refractivity contribution in [2.45, 2.75) is 25.8 Å². The molecule has 1 aromatic carbocycles. The van der Waals surface area contributed by atoms with E-state index in [0.29, 0.717) is 12.2 Å². The van der Waals surface area contributed by atoms with Crippen LogP contribution in [0.15, 0.2) is 30.4 Å². The molecule has 2 aliphatic rings. The maximum absolute atomic E-state index is 11.8. The van der Waals surface area contributed by atoms with Gasteiger partial charge in [-0.1, -0.05) is 6.07 Å². The molecule has 5 heteroatoms. The monoisotopic (exact) mass is 271 g/mol. The molecule has 1 aromatic rings. The summed E-state index contributed by atoms with van der Waals surface area (Å²) < 4.78 is 5.06. The predicted octanol–water partition coefficient (Wildman–Crippen LogP) is 1.52. The van der Waals surface area contributed by atoms with Crippen LogP contribution in [0.3, 0.4) is 0 Å². The number of aryl methyl sites for hydroxylation is 1. The van der Waals surface area contributed by atoms with Crippen LogP contribution in [0.25, 0.3) is 0 Å². The maximum Gasteiger partial charge on any atom is 0.308 e. The molecule has 1 aliphatic heterocycles. The Labute approximate surface area is 115 Å². The summed E-state index contributed by atoms with van der Waals surface area (Å²) in [6, 6.07) is 5.09. The number of rotatable bonds is 2. The van der Waals surface area contributed by atoms with Crippen LogP contribution in [0.1, 0.15) is 30.5 Å². The molecule has 20 heavy (non-hydrogen) atoms. The second-order valence-corrected chi connectivity index (χ2v) is 4.89. The van der Waals surface area contributed by atoms with Gasteiger partial charge in [0.2, 0.25) is 0 Å². The molecular formula is C15H13NO4. The summed E-state index contributed by atoms with van der Waals surface area (Å²) >= 11 is 0. The lowest BCUT2D eigenvalue weighted by Gasteiger charge is -2.23. The fourth-order valence-electron chi connectivity index (χ4n) is 2.78. The minimum absolute atomic E-state index is 0.268. The largest absolute Gasteiger partial charge is 0.427 e. The molecule has 0 bridgehead atoms. The van der Waals surface area contributed by atoms with Crippen molar-refractivity contribution in [1.29, 1.82) is 0 Å². The van der Waals surface area contributed by atoms with Crippen molar-refractivity contribution in [1.82, 2.24) is 4.90 Å². The Morgan fingerprint density at radius 2 is 1.95 bits per heavy atom. The second kappa shape index (κ2) is 4.59. The molecular weight excluding hydrogens is 258 g/mol. The molecule has 0 saturated carbocycles. The van der Waals surface area contributed by atoms with Crippen LogP contribution in [0.4, 0.5) is 0 Å². The topological polar surface area (TPSA) is 63.7 Å². The molecule has 102 valence electrons. The molecule has 0 spiro atoms. The molecule has 0 unspecified atom stereocenters. The first-order valence-electron chi connectivity index (χ1n) is 6.43. The van der Waals surface area contributed by atoms with Gasteiger partial charge in [-0.2, -0.15) is 0 Å². The number of hydrogen-bond donors (Lipinski definition) is 0. The average molecular weight is 271 g/mol. The summed E-state index contributed by atoms with van der Waals surface area (Å²) in [6.07, 6.45) is 4.09. The predicted molar refractivity (Wildman–Crippen MR) is 69.8 cm³/mol. The van der Waals surface area contributed by atoms with E-state index in [4.69, 9.17) is 4.74 Å². The molecule has 2 amide bonds. The summed E-state index contributed by atoms with van der Waals surface area (Å²) in [6.45, 7) is 1.34. The van der Waals surface area contributed by atoms with Crippen LogP contribution in [-0.4, -0.2) is 22.7 Å². The number of hydrogen-bond acceptors (Lipinski definition) is 4. The number of ether oxygens (including phenoxy) is 1. The zero-order valence-electron chi connectivity index (χ0n) is 11.0. The van der Waals surface area contributed by atoms with Crippen molar-refractivity contribution in [3.8, 4) is 5.75 Å². The molecule has 1 aliphatic carbocycles. The van der Waals surface area contributed by atoms with E-state index in [1.807, 2.05) is 6.07 Å². The first-order valence-corrected chi connectivity index (χ1v) is 6.43. The number of amides is 2. The SMILES string of the molecule is CC(=O)Oc1ccc2c(c1)[C@@H](N1C(=O)C=CC1=O)CC2. The molecule has 1 atom stereocenters. The van der Waals surface area contributed by atoms with Gasteiger partial charge in [-0.25, -0.2) is 0 Å². The lowest BCUT2D eigenvalue weighted by molar-refractivity contribution is -0.139. The lowest BCUT2D eigenvalue weighted by Crippen LogP contribution is -2.33. The number of nitrogens with zero attached hydrogens (tertiary/aromatic N) is 1. The number of carbonyl (C=O) groups is 3. The van der Waals surface area contributed by atoms with Gasteiger partial charge in [0.05, 0.1) is 6.04 Å². The molecule has 0 aromatic heterocycles. The first kappa shape index (κ1) is 12.6. The molecule has 1 heterocycles. The fraction of sp³-hybridized carbons (Fsp3) is 0.267. The third kappa shape index (κ3) is 2.01. The Morgan fingerprint density at radius 3 is 2.60 bits per heavy atom. The van der Waals surface area contributed by atoms with E-state index in [1.54, 1.807) is 12.1 Å². The molecule has 0 radical (unpaired) electrons. The van der Waals surface area contributed by atoms with Crippen LogP contribution in [0.5, 0.6) is 5.75 Å². The Bertz CT molecular complexity index is 629. The minimum atomic E-state index is -0.394. The van der Waals surface area contributed by atoms with E-state index in [9.17, 15) is 14.4 Å². The summed E-state index contributed by atoms with van der Waals surface area (Å²) in [5.41, 5.74) is 1.97. The summed E-state index contributed by atoms with van der Waals surface area (Å²) in [7, 11) is 0. The number of imide groups is 1. The Balaban J connectivity index is 1.94. The number of fused-ring (bicyclic) bond motifs is 1. The van der Waals surface area contributed by atoms with Crippen molar-refractivity contribution in [3.63, 3.8) is 0 Å². The second-order valence-electron chi connectivity index (χ2n) is 4.89. The molecule has 0 N–H and O–H groups in total. The van der Waals surface area contributed by atoms with Gasteiger partial charge in [0.1, 0.15) is 5.75 Å². The third-order valence-electron chi connectivity index (χ3n) is 3.58. The summed E-state index contributed by atoms with van der Waals surface area (Å²) in [4.78, 5) is 35.8. The van der Waals surface area contributed by atoms with Crippen LogP contribution >= 0.6 is 0 Å². The highest BCUT2D eigenvalue weighted by Crippen LogP contribution is 2.39. The van der Waals surface area contributed by atoms with E-state index in [2.05, 4.69) is 0 Å². The molecule has 3 rings (SSSR count). The van der Waals surface area contributed by atoms with Crippen LogP contribution in [-0.2, 0) is 20.8 Å². The normalized spacial score (nSPS) is 20.4. The minimum Gasteiger partial charge on any atom is -0.427 e. The summed E-state index contributed by atoms with van der Waals surface area (Å²) in [5.74, 6) is -0.527. The zero-order chi connectivity index (χ0) is 14.3. The highest BCUT2D eigenvalue weighted by atomic mass is 16.5. The van der Waals surface area contributed by atoms with Crippen molar-refractivity contribution in [2.75, 3.05) is 0 Å². The van der Waals surface area contributed by atoms with Gasteiger partial charge in [0.25, 0.3) is 11.8 Å². The fourth-order valence-corrected chi connectivity index (χ4v) is 2.78. The Kier molecular flexibility index (Phi) is 2.89.